The normalized spacial score (nSPS) is 12.3. The van der Waals surface area contributed by atoms with Crippen LogP contribution < -0.4 is 11.1 Å². The second kappa shape index (κ2) is 6.04. The van der Waals surface area contributed by atoms with Crippen LogP contribution in [0.2, 0.25) is 0 Å². The summed E-state index contributed by atoms with van der Waals surface area (Å²) in [6.07, 6.45) is 0. The van der Waals surface area contributed by atoms with Gasteiger partial charge in [-0.05, 0) is 27.9 Å². The Bertz CT molecular complexity index is 452. The highest BCUT2D eigenvalue weighted by Gasteiger charge is 2.23. The number of anilines is 2. The molecule has 0 saturated heterocycles. The Morgan fingerprint density at radius 1 is 1.50 bits per heavy atom. The lowest BCUT2D eigenvalue weighted by atomic mass is 10.0. The maximum absolute atomic E-state index is 13.2. The van der Waals surface area contributed by atoms with Crippen molar-refractivity contribution in [3.05, 3.63) is 22.4 Å². The Morgan fingerprint density at radius 2 is 2.11 bits per heavy atom. The molecule has 0 radical (unpaired) electrons. The molecule has 100 valence electrons. The molecule has 0 aliphatic carbocycles. The Balaban J connectivity index is 3.01. The second-order valence-corrected chi connectivity index (χ2v) is 5.10. The van der Waals surface area contributed by atoms with E-state index >= 15 is 0 Å². The van der Waals surface area contributed by atoms with Crippen LogP contribution in [0.3, 0.4) is 0 Å². The van der Waals surface area contributed by atoms with Gasteiger partial charge in [0.1, 0.15) is 11.9 Å². The molecule has 3 N–H and O–H groups in total. The molecule has 0 saturated carbocycles. The molecular weight excluding hydrogens is 303 g/mol. The summed E-state index contributed by atoms with van der Waals surface area (Å²) >= 11 is 3.07. The molecule has 0 amide bonds. The molecule has 1 atom stereocenters. The summed E-state index contributed by atoms with van der Waals surface area (Å²) < 4.78 is 18.2. The second-order valence-electron chi connectivity index (χ2n) is 4.24. The van der Waals surface area contributed by atoms with Crippen LogP contribution in [0.25, 0.3) is 0 Å². The largest absolute Gasteiger partial charge is 0.467 e. The van der Waals surface area contributed by atoms with E-state index in [0.717, 1.165) is 0 Å². The van der Waals surface area contributed by atoms with Crippen molar-refractivity contribution in [3.8, 4) is 0 Å². The van der Waals surface area contributed by atoms with Crippen LogP contribution in [-0.4, -0.2) is 19.1 Å². The summed E-state index contributed by atoms with van der Waals surface area (Å²) in [5.41, 5.74) is 6.44. The molecule has 0 aliphatic rings. The van der Waals surface area contributed by atoms with Gasteiger partial charge < -0.3 is 15.8 Å². The van der Waals surface area contributed by atoms with E-state index in [4.69, 9.17) is 10.5 Å². The first-order chi connectivity index (χ1) is 8.36. The van der Waals surface area contributed by atoms with Crippen molar-refractivity contribution < 1.29 is 13.9 Å². The van der Waals surface area contributed by atoms with Crippen molar-refractivity contribution in [1.82, 2.24) is 0 Å². The Labute approximate surface area is 114 Å². The minimum Gasteiger partial charge on any atom is -0.467 e. The van der Waals surface area contributed by atoms with E-state index in [1.807, 2.05) is 13.8 Å². The SMILES string of the molecule is COC(=O)C(Nc1cc(Br)c(F)cc1N)C(C)C. The Morgan fingerprint density at radius 3 is 2.61 bits per heavy atom. The van der Waals surface area contributed by atoms with E-state index in [1.54, 1.807) is 0 Å². The molecule has 18 heavy (non-hydrogen) atoms. The lowest BCUT2D eigenvalue weighted by Crippen LogP contribution is -2.35. The van der Waals surface area contributed by atoms with Crippen molar-refractivity contribution in [2.24, 2.45) is 5.92 Å². The fraction of sp³-hybridized carbons (Fsp3) is 0.417. The maximum Gasteiger partial charge on any atom is 0.328 e. The van der Waals surface area contributed by atoms with Gasteiger partial charge in [-0.3, -0.25) is 0 Å². The van der Waals surface area contributed by atoms with Gasteiger partial charge in [0.2, 0.25) is 0 Å². The zero-order valence-corrected chi connectivity index (χ0v) is 12.0. The Hall–Kier alpha value is -1.30. The van der Waals surface area contributed by atoms with Crippen molar-refractivity contribution in [1.29, 1.82) is 0 Å². The van der Waals surface area contributed by atoms with Crippen LogP contribution in [-0.2, 0) is 9.53 Å². The average Bonchev–Trinajstić information content (AvgIpc) is 2.30. The third kappa shape index (κ3) is 3.35. The number of carbonyl (C=O) groups excluding carboxylic acids is 1. The maximum atomic E-state index is 13.2. The molecule has 6 heteroatoms. The summed E-state index contributed by atoms with van der Waals surface area (Å²) in [5, 5.41) is 2.97. The number of methoxy groups -OCH3 is 1. The van der Waals surface area contributed by atoms with Crippen LogP contribution in [0, 0.1) is 11.7 Å². The summed E-state index contributed by atoms with van der Waals surface area (Å²) in [5.74, 6) is -0.817. The number of rotatable bonds is 4. The van der Waals surface area contributed by atoms with E-state index in [-0.39, 0.29) is 22.0 Å². The molecular formula is C12H16BrFN2O2. The van der Waals surface area contributed by atoms with Gasteiger partial charge in [-0.15, -0.1) is 0 Å². The highest BCUT2D eigenvalue weighted by molar-refractivity contribution is 9.10. The fourth-order valence-electron chi connectivity index (χ4n) is 1.48. The summed E-state index contributed by atoms with van der Waals surface area (Å²) in [6, 6.07) is 2.17. The highest BCUT2D eigenvalue weighted by atomic mass is 79.9. The summed E-state index contributed by atoms with van der Waals surface area (Å²) in [4.78, 5) is 11.6. The first-order valence-corrected chi connectivity index (χ1v) is 6.25. The predicted molar refractivity (Wildman–Crippen MR) is 72.8 cm³/mol. The van der Waals surface area contributed by atoms with Crippen LogP contribution in [0.15, 0.2) is 16.6 Å². The quantitative estimate of drug-likeness (QED) is 0.662. The number of carbonyl (C=O) groups is 1. The van der Waals surface area contributed by atoms with Gasteiger partial charge in [0.05, 0.1) is 23.0 Å². The van der Waals surface area contributed by atoms with E-state index in [2.05, 4.69) is 21.2 Å². The number of benzene rings is 1. The van der Waals surface area contributed by atoms with Crippen molar-refractivity contribution in [2.75, 3.05) is 18.2 Å². The number of nitrogens with one attached hydrogen (secondary N) is 1. The highest BCUT2D eigenvalue weighted by Crippen LogP contribution is 2.28. The monoisotopic (exact) mass is 318 g/mol. The lowest BCUT2D eigenvalue weighted by molar-refractivity contribution is -0.142. The zero-order valence-electron chi connectivity index (χ0n) is 10.5. The van der Waals surface area contributed by atoms with Gasteiger partial charge in [-0.25, -0.2) is 9.18 Å². The number of nitrogen functional groups attached to an aromatic ring is 1. The molecule has 1 aromatic rings. The first kappa shape index (κ1) is 14.8. The standard InChI is InChI=1S/C12H16BrFN2O2/c1-6(2)11(12(17)18-3)16-10-4-7(13)8(14)5-9(10)15/h4-6,11,16H,15H2,1-3H3. The topological polar surface area (TPSA) is 64.3 Å². The van der Waals surface area contributed by atoms with Crippen molar-refractivity contribution in [3.63, 3.8) is 0 Å². The predicted octanol–water partition coefficient (Wildman–Crippen LogP) is 2.78. The molecule has 4 nitrogen and oxygen atoms in total. The molecule has 0 aromatic heterocycles. The minimum absolute atomic E-state index is 0.0145. The molecule has 0 bridgehead atoms. The number of ether oxygens (including phenoxy) is 1. The van der Waals surface area contributed by atoms with Gasteiger partial charge in [-0.2, -0.15) is 0 Å². The summed E-state index contributed by atoms with van der Waals surface area (Å²) in [7, 11) is 1.32. The van der Waals surface area contributed by atoms with Crippen molar-refractivity contribution in [2.45, 2.75) is 19.9 Å². The number of halogens is 2. The van der Waals surface area contributed by atoms with Crippen LogP contribution in [0.1, 0.15) is 13.8 Å². The minimum atomic E-state index is -0.533. The van der Waals surface area contributed by atoms with Crippen LogP contribution in [0.4, 0.5) is 15.8 Å². The average molecular weight is 319 g/mol. The molecule has 1 aromatic carbocycles. The van der Waals surface area contributed by atoms with Gasteiger partial charge in [0.25, 0.3) is 0 Å². The van der Waals surface area contributed by atoms with Gasteiger partial charge in [0.15, 0.2) is 0 Å². The number of nitrogens with two attached hydrogens (primary N) is 1. The van der Waals surface area contributed by atoms with Gasteiger partial charge in [-0.1, -0.05) is 13.8 Å². The van der Waals surface area contributed by atoms with Crippen LogP contribution in [0.5, 0.6) is 0 Å². The molecule has 1 unspecified atom stereocenters. The molecule has 0 heterocycles. The van der Waals surface area contributed by atoms with Crippen molar-refractivity contribution >= 4 is 33.3 Å². The number of hydrogen-bond donors (Lipinski definition) is 2. The van der Waals surface area contributed by atoms with Gasteiger partial charge in [0, 0.05) is 6.07 Å². The third-order valence-corrected chi connectivity index (χ3v) is 3.13. The van der Waals surface area contributed by atoms with Crippen LogP contribution >= 0.6 is 15.9 Å². The number of hydrogen-bond acceptors (Lipinski definition) is 4. The summed E-state index contributed by atoms with van der Waals surface area (Å²) in [6.45, 7) is 3.76. The molecule has 0 aliphatic heterocycles. The third-order valence-electron chi connectivity index (χ3n) is 2.53. The van der Waals surface area contributed by atoms with E-state index in [9.17, 15) is 9.18 Å². The molecule has 1 rings (SSSR count). The smallest absolute Gasteiger partial charge is 0.328 e. The van der Waals surface area contributed by atoms with E-state index < -0.39 is 11.9 Å². The van der Waals surface area contributed by atoms with E-state index in [1.165, 1.54) is 19.2 Å². The Kier molecular flexibility index (Phi) is 4.95. The fourth-order valence-corrected chi connectivity index (χ4v) is 1.82. The molecule has 0 fully saturated rings. The number of esters is 1. The first-order valence-electron chi connectivity index (χ1n) is 5.45. The lowest BCUT2D eigenvalue weighted by Gasteiger charge is -2.22. The van der Waals surface area contributed by atoms with E-state index in [0.29, 0.717) is 5.69 Å². The zero-order chi connectivity index (χ0) is 13.9. The van der Waals surface area contributed by atoms with Gasteiger partial charge >= 0.3 is 5.97 Å². The molecule has 0 spiro atoms.